The van der Waals surface area contributed by atoms with Crippen molar-refractivity contribution in [3.8, 4) is 5.75 Å². The summed E-state index contributed by atoms with van der Waals surface area (Å²) in [5.74, 6) is 0.384. The number of aromatic nitrogens is 2. The van der Waals surface area contributed by atoms with E-state index < -0.39 is 6.04 Å². The van der Waals surface area contributed by atoms with Gasteiger partial charge >= 0.3 is 0 Å². The smallest absolute Gasteiger partial charge is 0.271 e. The van der Waals surface area contributed by atoms with Crippen LogP contribution < -0.4 is 24.9 Å². The first-order chi connectivity index (χ1) is 20.4. The molecule has 1 aliphatic rings. The predicted molar refractivity (Wildman–Crippen MR) is 169 cm³/mol. The Labute approximate surface area is 247 Å². The van der Waals surface area contributed by atoms with Crippen LogP contribution in [-0.4, -0.2) is 22.2 Å². The molecule has 5 aromatic rings. The van der Waals surface area contributed by atoms with E-state index in [9.17, 15) is 9.59 Å². The van der Waals surface area contributed by atoms with Crippen molar-refractivity contribution in [2.45, 2.75) is 26.4 Å². The van der Waals surface area contributed by atoms with Crippen molar-refractivity contribution in [1.82, 2.24) is 9.13 Å². The first-order valence-electron chi connectivity index (χ1n) is 13.6. The van der Waals surface area contributed by atoms with Crippen molar-refractivity contribution in [3.63, 3.8) is 0 Å². The molecule has 210 valence electrons. The number of hydrogen-bond acceptors (Lipinski definition) is 5. The van der Waals surface area contributed by atoms with Gasteiger partial charge in [0.05, 0.1) is 29.0 Å². The Hall–Kier alpha value is -4.95. The molecule has 1 amide bonds. The zero-order valence-electron chi connectivity index (χ0n) is 23.6. The number of allylic oxidation sites excluding steroid dienone is 2. The van der Waals surface area contributed by atoms with Crippen LogP contribution in [0.4, 0.5) is 5.69 Å². The molecule has 1 aliphatic heterocycles. The molecule has 0 fully saturated rings. The Bertz CT molecular complexity index is 2050. The summed E-state index contributed by atoms with van der Waals surface area (Å²) in [6.45, 7) is 8.46. The molecule has 0 unspecified atom stereocenters. The summed E-state index contributed by atoms with van der Waals surface area (Å²) in [7, 11) is 1.61. The number of carbonyl (C=O) groups excluding carboxylic acids is 1. The molecule has 0 saturated heterocycles. The Morgan fingerprint density at radius 1 is 1.05 bits per heavy atom. The fourth-order valence-corrected chi connectivity index (χ4v) is 6.60. The summed E-state index contributed by atoms with van der Waals surface area (Å²) in [6, 6.07) is 24.2. The second-order valence-corrected chi connectivity index (χ2v) is 11.1. The normalized spacial score (nSPS) is 14.9. The number of nitrogens with one attached hydrogen (secondary N) is 1. The molecule has 0 bridgehead atoms. The van der Waals surface area contributed by atoms with E-state index in [1.54, 1.807) is 11.7 Å². The standard InChI is InChI=1S/C34H30N4O3S/c1-5-19-37-22(3)27(26-13-9-10-14-28(26)37)20-29-33(40)38-31(23-15-17-25(41-4)18-16-23)30(21(2)35-34(38)42-29)32(39)36-24-11-7-6-8-12-24/h5-18,20,31H,1,19H2,2-4H3,(H,36,39)/t31-/m0/s1. The lowest BCUT2D eigenvalue weighted by Gasteiger charge is -2.25. The molecule has 0 aliphatic carbocycles. The fraction of sp³-hybridized carbons (Fsp3) is 0.147. The number of ether oxygens (including phenoxy) is 1. The van der Waals surface area contributed by atoms with Gasteiger partial charge in [-0.25, -0.2) is 4.99 Å². The Balaban J connectivity index is 1.54. The molecule has 3 aromatic carbocycles. The second kappa shape index (κ2) is 11.1. The van der Waals surface area contributed by atoms with Crippen LogP contribution in [0.15, 0.2) is 113 Å². The molecular weight excluding hydrogens is 544 g/mol. The quantitative estimate of drug-likeness (QED) is 0.267. The van der Waals surface area contributed by atoms with E-state index in [-0.39, 0.29) is 11.5 Å². The molecule has 7 nitrogen and oxygen atoms in total. The monoisotopic (exact) mass is 574 g/mol. The largest absolute Gasteiger partial charge is 0.497 e. The van der Waals surface area contributed by atoms with Crippen molar-refractivity contribution in [1.29, 1.82) is 0 Å². The van der Waals surface area contributed by atoms with Gasteiger partial charge in [-0.3, -0.25) is 14.2 Å². The van der Waals surface area contributed by atoms with Crippen LogP contribution in [0.2, 0.25) is 0 Å². The van der Waals surface area contributed by atoms with Gasteiger partial charge in [-0.1, -0.05) is 65.9 Å². The Morgan fingerprint density at radius 3 is 2.48 bits per heavy atom. The van der Waals surface area contributed by atoms with E-state index in [1.807, 2.05) is 85.8 Å². The molecule has 6 rings (SSSR count). The van der Waals surface area contributed by atoms with E-state index in [2.05, 4.69) is 35.5 Å². The maximum Gasteiger partial charge on any atom is 0.271 e. The SMILES string of the molecule is C=CCn1c(C)c(C=c2sc3n(c2=O)[C@@H](c2ccc(OC)cc2)C(C(=O)Nc2ccccc2)=C(C)N=3)c2ccccc21. The number of para-hydroxylation sites is 2. The van der Waals surface area contributed by atoms with Crippen molar-refractivity contribution < 1.29 is 9.53 Å². The number of rotatable bonds is 7. The average molecular weight is 575 g/mol. The van der Waals surface area contributed by atoms with Crippen molar-refractivity contribution >= 4 is 39.9 Å². The van der Waals surface area contributed by atoms with E-state index in [0.717, 1.165) is 27.7 Å². The van der Waals surface area contributed by atoms with E-state index in [4.69, 9.17) is 9.73 Å². The average Bonchev–Trinajstić information content (AvgIpc) is 3.45. The summed E-state index contributed by atoms with van der Waals surface area (Å²) in [5, 5.41) is 4.05. The molecule has 1 atom stereocenters. The number of benzene rings is 3. The first-order valence-corrected chi connectivity index (χ1v) is 14.4. The van der Waals surface area contributed by atoms with Gasteiger partial charge in [0.1, 0.15) is 5.75 Å². The number of amides is 1. The minimum absolute atomic E-state index is 0.197. The van der Waals surface area contributed by atoms with Crippen LogP contribution in [0.3, 0.4) is 0 Å². The van der Waals surface area contributed by atoms with Crippen LogP contribution in [-0.2, 0) is 11.3 Å². The molecule has 1 N–H and O–H groups in total. The lowest BCUT2D eigenvalue weighted by atomic mass is 9.95. The van der Waals surface area contributed by atoms with Crippen LogP contribution in [0, 0.1) is 6.92 Å². The first kappa shape index (κ1) is 27.2. The number of anilines is 1. The predicted octanol–water partition coefficient (Wildman–Crippen LogP) is 5.33. The number of nitrogens with zero attached hydrogens (tertiary/aromatic N) is 3. The lowest BCUT2D eigenvalue weighted by Crippen LogP contribution is -2.40. The number of methoxy groups -OCH3 is 1. The van der Waals surface area contributed by atoms with E-state index >= 15 is 0 Å². The third-order valence-corrected chi connectivity index (χ3v) is 8.58. The summed E-state index contributed by atoms with van der Waals surface area (Å²) in [4.78, 5) is 33.3. The third kappa shape index (κ3) is 4.69. The molecule has 2 aromatic heterocycles. The van der Waals surface area contributed by atoms with Gasteiger partial charge in [0.2, 0.25) is 0 Å². The lowest BCUT2D eigenvalue weighted by molar-refractivity contribution is -0.113. The van der Waals surface area contributed by atoms with E-state index in [1.165, 1.54) is 11.3 Å². The van der Waals surface area contributed by atoms with Gasteiger partial charge in [0.25, 0.3) is 11.5 Å². The van der Waals surface area contributed by atoms with Gasteiger partial charge in [0.15, 0.2) is 4.80 Å². The molecule has 8 heteroatoms. The molecule has 3 heterocycles. The van der Waals surface area contributed by atoms with Crippen LogP contribution in [0.25, 0.3) is 17.0 Å². The molecule has 0 spiro atoms. The molecular formula is C34H30N4O3S. The second-order valence-electron chi connectivity index (χ2n) is 10.1. The highest BCUT2D eigenvalue weighted by atomic mass is 32.1. The Morgan fingerprint density at radius 2 is 1.76 bits per heavy atom. The highest BCUT2D eigenvalue weighted by Crippen LogP contribution is 2.32. The van der Waals surface area contributed by atoms with Gasteiger partial charge in [0, 0.05) is 34.4 Å². The third-order valence-electron chi connectivity index (χ3n) is 7.60. The maximum absolute atomic E-state index is 14.2. The number of hydrogen-bond donors (Lipinski definition) is 1. The fourth-order valence-electron chi connectivity index (χ4n) is 5.57. The highest BCUT2D eigenvalue weighted by molar-refractivity contribution is 7.07. The van der Waals surface area contributed by atoms with Crippen LogP contribution >= 0.6 is 11.3 Å². The molecule has 42 heavy (non-hydrogen) atoms. The van der Waals surface area contributed by atoms with Crippen molar-refractivity contribution in [2.75, 3.05) is 12.4 Å². The topological polar surface area (TPSA) is 77.6 Å². The van der Waals surface area contributed by atoms with E-state index in [0.29, 0.717) is 38.6 Å². The van der Waals surface area contributed by atoms with Gasteiger partial charge in [-0.15, -0.1) is 6.58 Å². The summed E-state index contributed by atoms with van der Waals surface area (Å²) >= 11 is 1.33. The number of thiazole rings is 1. The van der Waals surface area contributed by atoms with Crippen LogP contribution in [0.5, 0.6) is 5.75 Å². The zero-order chi connectivity index (χ0) is 29.4. The summed E-state index contributed by atoms with van der Waals surface area (Å²) < 4.78 is 9.76. The number of fused-ring (bicyclic) bond motifs is 2. The van der Waals surface area contributed by atoms with Gasteiger partial charge in [-0.2, -0.15) is 0 Å². The van der Waals surface area contributed by atoms with Gasteiger partial charge in [-0.05, 0) is 55.8 Å². The number of carbonyl (C=O) groups is 1. The Kier molecular flexibility index (Phi) is 7.22. The summed E-state index contributed by atoms with van der Waals surface area (Å²) in [5.41, 5.74) is 5.36. The van der Waals surface area contributed by atoms with Crippen molar-refractivity contribution in [3.05, 3.63) is 139 Å². The van der Waals surface area contributed by atoms with Gasteiger partial charge < -0.3 is 14.6 Å². The minimum Gasteiger partial charge on any atom is -0.497 e. The van der Waals surface area contributed by atoms with Crippen LogP contribution in [0.1, 0.15) is 29.8 Å². The zero-order valence-corrected chi connectivity index (χ0v) is 24.4. The minimum atomic E-state index is -0.666. The molecule has 0 saturated carbocycles. The van der Waals surface area contributed by atoms with Crippen molar-refractivity contribution in [2.24, 2.45) is 4.99 Å². The highest BCUT2D eigenvalue weighted by Gasteiger charge is 2.32. The molecule has 0 radical (unpaired) electrons. The summed E-state index contributed by atoms with van der Waals surface area (Å²) in [6.07, 6.45) is 3.83. The maximum atomic E-state index is 14.2.